The highest BCUT2D eigenvalue weighted by atomic mass is 32.2. The number of hydrogen-bond donors (Lipinski definition) is 2. The van der Waals surface area contributed by atoms with Gasteiger partial charge in [0.15, 0.2) is 0 Å². The average molecular weight is 453 g/mol. The number of amides is 2. The van der Waals surface area contributed by atoms with Crippen LogP contribution in [-0.2, 0) is 9.53 Å². The van der Waals surface area contributed by atoms with E-state index in [1.807, 2.05) is 19.9 Å². The van der Waals surface area contributed by atoms with Crippen molar-refractivity contribution in [2.24, 2.45) is 0 Å². The third-order valence-electron chi connectivity index (χ3n) is 4.87. The fourth-order valence-corrected chi connectivity index (χ4v) is 4.48. The number of nitriles is 1. The van der Waals surface area contributed by atoms with E-state index < -0.39 is 18.0 Å². The number of nitrogens with one attached hydrogen (secondary N) is 2. The molecule has 0 aliphatic carbocycles. The van der Waals surface area contributed by atoms with Gasteiger partial charge in [-0.2, -0.15) is 5.26 Å². The molecule has 2 aromatic rings. The first-order valence-electron chi connectivity index (χ1n) is 10.0. The van der Waals surface area contributed by atoms with Gasteiger partial charge in [0.25, 0.3) is 0 Å². The Hall–Kier alpha value is -3.51. The van der Waals surface area contributed by atoms with Crippen molar-refractivity contribution < 1.29 is 19.1 Å². The number of thioether (sulfide) groups is 1. The normalized spacial score (nSPS) is 15.5. The zero-order chi connectivity index (χ0) is 23.3. The van der Waals surface area contributed by atoms with E-state index in [2.05, 4.69) is 21.7 Å². The van der Waals surface area contributed by atoms with E-state index in [0.29, 0.717) is 33.2 Å². The van der Waals surface area contributed by atoms with Gasteiger partial charge >= 0.3 is 12.0 Å². The number of aromatic nitrogens is 1. The molecule has 2 N–H and O–H groups in total. The molecule has 9 heteroatoms. The van der Waals surface area contributed by atoms with Crippen molar-refractivity contribution in [1.29, 1.82) is 5.26 Å². The van der Waals surface area contributed by atoms with Gasteiger partial charge in [-0.15, -0.1) is 0 Å². The lowest BCUT2D eigenvalue weighted by molar-refractivity contribution is -0.139. The number of esters is 1. The Labute approximate surface area is 191 Å². The fraction of sp³-hybridized carbons (Fsp3) is 0.304. The van der Waals surface area contributed by atoms with Gasteiger partial charge in [0.1, 0.15) is 16.8 Å². The van der Waals surface area contributed by atoms with Gasteiger partial charge < -0.3 is 20.1 Å². The standard InChI is InChI=1S/C23H24N4O4S/c1-5-31-22(28)19-18(12-32-21-17(11-24)13(2)10-14(3)25-21)26-23(29)27-20(19)15-6-8-16(30-4)9-7-15/h6-10,20H,5,12H2,1-4H3,(H2,26,27,29). The minimum Gasteiger partial charge on any atom is -0.497 e. The molecule has 0 bridgehead atoms. The van der Waals surface area contributed by atoms with Gasteiger partial charge in [0.05, 0.1) is 30.9 Å². The Morgan fingerprint density at radius 3 is 2.62 bits per heavy atom. The number of hydrogen-bond acceptors (Lipinski definition) is 7. The van der Waals surface area contributed by atoms with E-state index in [0.717, 1.165) is 11.3 Å². The maximum absolute atomic E-state index is 12.9. The first kappa shape index (κ1) is 23.2. The number of carbonyl (C=O) groups is 2. The maximum atomic E-state index is 12.9. The van der Waals surface area contributed by atoms with Crippen molar-refractivity contribution in [3.8, 4) is 11.8 Å². The summed E-state index contributed by atoms with van der Waals surface area (Å²) in [5, 5.41) is 15.6. The quantitative estimate of drug-likeness (QED) is 0.488. The van der Waals surface area contributed by atoms with Crippen molar-refractivity contribution in [2.75, 3.05) is 19.5 Å². The van der Waals surface area contributed by atoms with Crippen LogP contribution >= 0.6 is 11.8 Å². The third-order valence-corrected chi connectivity index (χ3v) is 5.88. The zero-order valence-electron chi connectivity index (χ0n) is 18.3. The van der Waals surface area contributed by atoms with Gasteiger partial charge in [0, 0.05) is 17.1 Å². The summed E-state index contributed by atoms with van der Waals surface area (Å²) >= 11 is 1.29. The fourth-order valence-electron chi connectivity index (χ4n) is 3.41. The highest BCUT2D eigenvalue weighted by molar-refractivity contribution is 7.99. The Kier molecular flexibility index (Phi) is 7.38. The number of pyridine rings is 1. The number of ether oxygens (including phenoxy) is 2. The molecular weight excluding hydrogens is 428 g/mol. The summed E-state index contributed by atoms with van der Waals surface area (Å²) in [7, 11) is 1.57. The van der Waals surface area contributed by atoms with Crippen molar-refractivity contribution in [3.63, 3.8) is 0 Å². The predicted molar refractivity (Wildman–Crippen MR) is 120 cm³/mol. The monoisotopic (exact) mass is 452 g/mol. The molecule has 1 atom stereocenters. The molecule has 2 amide bonds. The molecule has 0 saturated heterocycles. The molecule has 1 aliphatic rings. The Morgan fingerprint density at radius 1 is 1.28 bits per heavy atom. The molecule has 0 saturated carbocycles. The van der Waals surface area contributed by atoms with Crippen LogP contribution in [-0.4, -0.2) is 36.5 Å². The van der Waals surface area contributed by atoms with Crippen LogP contribution in [0.2, 0.25) is 0 Å². The second-order valence-electron chi connectivity index (χ2n) is 7.08. The maximum Gasteiger partial charge on any atom is 0.338 e. The van der Waals surface area contributed by atoms with Crippen molar-refractivity contribution in [1.82, 2.24) is 15.6 Å². The van der Waals surface area contributed by atoms with Crippen molar-refractivity contribution in [3.05, 3.63) is 64.0 Å². The lowest BCUT2D eigenvalue weighted by Crippen LogP contribution is -2.46. The molecular formula is C23H24N4O4S. The van der Waals surface area contributed by atoms with Gasteiger partial charge in [-0.3, -0.25) is 0 Å². The molecule has 3 rings (SSSR count). The van der Waals surface area contributed by atoms with Crippen LogP contribution in [0.25, 0.3) is 0 Å². The summed E-state index contributed by atoms with van der Waals surface area (Å²) < 4.78 is 10.5. The van der Waals surface area contributed by atoms with Gasteiger partial charge in [-0.1, -0.05) is 23.9 Å². The highest BCUT2D eigenvalue weighted by Crippen LogP contribution is 2.32. The van der Waals surface area contributed by atoms with E-state index in [-0.39, 0.29) is 12.4 Å². The molecule has 8 nitrogen and oxygen atoms in total. The molecule has 1 unspecified atom stereocenters. The van der Waals surface area contributed by atoms with Gasteiger partial charge in [0.2, 0.25) is 0 Å². The zero-order valence-corrected chi connectivity index (χ0v) is 19.1. The van der Waals surface area contributed by atoms with Crippen LogP contribution in [0.15, 0.2) is 46.6 Å². The van der Waals surface area contributed by atoms with E-state index in [9.17, 15) is 14.9 Å². The molecule has 1 aliphatic heterocycles. The molecule has 32 heavy (non-hydrogen) atoms. The van der Waals surface area contributed by atoms with E-state index in [1.54, 1.807) is 38.3 Å². The summed E-state index contributed by atoms with van der Waals surface area (Å²) in [5.74, 6) is 0.375. The Balaban J connectivity index is 2.01. The minimum atomic E-state index is -0.688. The van der Waals surface area contributed by atoms with E-state index in [4.69, 9.17) is 9.47 Å². The summed E-state index contributed by atoms with van der Waals surface area (Å²) in [6.07, 6.45) is 0. The summed E-state index contributed by atoms with van der Waals surface area (Å²) in [6, 6.07) is 10.0. The van der Waals surface area contributed by atoms with Crippen LogP contribution in [0.5, 0.6) is 5.75 Å². The number of urea groups is 1. The molecule has 0 radical (unpaired) electrons. The molecule has 1 aromatic carbocycles. The molecule has 0 spiro atoms. The highest BCUT2D eigenvalue weighted by Gasteiger charge is 2.34. The molecule has 166 valence electrons. The average Bonchev–Trinajstić information content (AvgIpc) is 2.77. The molecule has 2 heterocycles. The number of benzene rings is 1. The number of aryl methyl sites for hydroxylation is 2. The van der Waals surface area contributed by atoms with Crippen LogP contribution in [0, 0.1) is 25.2 Å². The summed E-state index contributed by atoms with van der Waals surface area (Å²) in [4.78, 5) is 29.8. The molecule has 0 fully saturated rings. The topological polar surface area (TPSA) is 113 Å². The number of rotatable bonds is 7. The lowest BCUT2D eigenvalue weighted by atomic mass is 9.95. The largest absolute Gasteiger partial charge is 0.497 e. The number of nitrogens with zero attached hydrogens (tertiary/aromatic N) is 2. The minimum absolute atomic E-state index is 0.198. The third kappa shape index (κ3) is 5.03. The number of methoxy groups -OCH3 is 1. The molecule has 1 aromatic heterocycles. The smallest absolute Gasteiger partial charge is 0.338 e. The summed E-state index contributed by atoms with van der Waals surface area (Å²) in [5.41, 5.74) is 3.54. The SMILES string of the molecule is CCOC(=O)C1=C(CSc2nc(C)cc(C)c2C#N)NC(=O)NC1c1ccc(OC)cc1. The van der Waals surface area contributed by atoms with E-state index >= 15 is 0 Å². The summed E-state index contributed by atoms with van der Waals surface area (Å²) in [6.45, 7) is 5.63. The Morgan fingerprint density at radius 2 is 2.00 bits per heavy atom. The van der Waals surface area contributed by atoms with Crippen LogP contribution < -0.4 is 15.4 Å². The first-order chi connectivity index (χ1) is 15.4. The van der Waals surface area contributed by atoms with Crippen molar-refractivity contribution in [2.45, 2.75) is 31.8 Å². The van der Waals surface area contributed by atoms with Crippen molar-refractivity contribution >= 4 is 23.8 Å². The predicted octanol–water partition coefficient (Wildman–Crippen LogP) is 3.54. The Bertz CT molecular complexity index is 1110. The van der Waals surface area contributed by atoms with E-state index in [1.165, 1.54) is 11.8 Å². The van der Waals surface area contributed by atoms with Crippen LogP contribution in [0.3, 0.4) is 0 Å². The van der Waals surface area contributed by atoms with Crippen LogP contribution in [0.1, 0.15) is 35.3 Å². The van der Waals surface area contributed by atoms with Gasteiger partial charge in [-0.05, 0) is 50.1 Å². The second kappa shape index (κ2) is 10.2. The van der Waals surface area contributed by atoms with Crippen LogP contribution in [0.4, 0.5) is 4.79 Å². The lowest BCUT2D eigenvalue weighted by Gasteiger charge is -2.29. The second-order valence-corrected chi connectivity index (χ2v) is 8.04. The number of carbonyl (C=O) groups excluding carboxylic acids is 2. The first-order valence-corrected chi connectivity index (χ1v) is 11.0. The van der Waals surface area contributed by atoms with Gasteiger partial charge in [-0.25, -0.2) is 14.6 Å².